The van der Waals surface area contributed by atoms with Crippen LogP contribution in [0.3, 0.4) is 0 Å². The zero-order valence-corrected chi connectivity index (χ0v) is 11.2. The molecular formula is C14H22N2O2. The fraction of sp³-hybridized carbons (Fsp3) is 0.643. The lowest BCUT2D eigenvalue weighted by Crippen LogP contribution is -2.26. The largest absolute Gasteiger partial charge is 0.478 e. The van der Waals surface area contributed by atoms with Crippen LogP contribution in [-0.4, -0.2) is 41.2 Å². The number of aliphatic hydroxyl groups is 1. The summed E-state index contributed by atoms with van der Waals surface area (Å²) in [4.78, 5) is 6.73. The van der Waals surface area contributed by atoms with Gasteiger partial charge in [0.25, 0.3) is 0 Å². The Kier molecular flexibility index (Phi) is 4.55. The zero-order valence-electron chi connectivity index (χ0n) is 11.2. The van der Waals surface area contributed by atoms with Crippen molar-refractivity contribution in [1.82, 2.24) is 9.88 Å². The van der Waals surface area contributed by atoms with Gasteiger partial charge in [0.15, 0.2) is 0 Å². The molecule has 4 heteroatoms. The van der Waals surface area contributed by atoms with Crippen molar-refractivity contribution >= 4 is 0 Å². The average Bonchev–Trinajstić information content (AvgIpc) is 2.75. The third kappa shape index (κ3) is 3.21. The molecule has 1 fully saturated rings. The number of aryl methyl sites for hydroxylation is 1. The lowest BCUT2D eigenvalue weighted by atomic mass is 10.1. The monoisotopic (exact) mass is 250 g/mol. The second-order valence-electron chi connectivity index (χ2n) is 4.97. The molecule has 2 rings (SSSR count). The molecule has 1 unspecified atom stereocenters. The van der Waals surface area contributed by atoms with Gasteiger partial charge in [0.05, 0.1) is 13.2 Å². The van der Waals surface area contributed by atoms with Crippen molar-refractivity contribution in [2.75, 3.05) is 20.2 Å². The van der Waals surface area contributed by atoms with Crippen molar-refractivity contribution in [1.29, 1.82) is 0 Å². The third-order valence-electron chi connectivity index (χ3n) is 3.71. The summed E-state index contributed by atoms with van der Waals surface area (Å²) < 4.78 is 5.68. The number of aliphatic hydroxyl groups excluding tert-OH is 1. The van der Waals surface area contributed by atoms with E-state index in [1.807, 2.05) is 19.1 Å². The maximum Gasteiger partial charge on any atom is 0.213 e. The lowest BCUT2D eigenvalue weighted by molar-refractivity contribution is 0.228. The van der Waals surface area contributed by atoms with E-state index in [2.05, 4.69) is 16.9 Å². The molecule has 1 aromatic rings. The van der Waals surface area contributed by atoms with Crippen LogP contribution in [0.4, 0.5) is 0 Å². The van der Waals surface area contributed by atoms with E-state index in [1.54, 1.807) is 0 Å². The Labute approximate surface area is 109 Å². The van der Waals surface area contributed by atoms with E-state index < -0.39 is 0 Å². The van der Waals surface area contributed by atoms with Gasteiger partial charge < -0.3 is 14.7 Å². The van der Waals surface area contributed by atoms with E-state index in [9.17, 15) is 0 Å². The predicted octanol–water partition coefficient (Wildman–Crippen LogP) is 1.75. The van der Waals surface area contributed by atoms with Crippen molar-refractivity contribution in [2.45, 2.75) is 38.8 Å². The quantitative estimate of drug-likeness (QED) is 0.864. The number of hydrogen-bond donors (Lipinski definition) is 1. The number of rotatable bonds is 5. The molecule has 18 heavy (non-hydrogen) atoms. The van der Waals surface area contributed by atoms with E-state index in [-0.39, 0.29) is 6.61 Å². The molecule has 0 aromatic carbocycles. The van der Waals surface area contributed by atoms with Crippen molar-refractivity contribution in [3.8, 4) is 5.88 Å². The van der Waals surface area contributed by atoms with Gasteiger partial charge in [-0.2, -0.15) is 0 Å². The fourth-order valence-corrected chi connectivity index (χ4v) is 2.46. The van der Waals surface area contributed by atoms with Gasteiger partial charge in [0, 0.05) is 17.8 Å². The number of hydrogen-bond acceptors (Lipinski definition) is 4. The summed E-state index contributed by atoms with van der Waals surface area (Å²) in [5.41, 5.74) is 1.70. The Morgan fingerprint density at radius 3 is 2.94 bits per heavy atom. The van der Waals surface area contributed by atoms with Crippen LogP contribution in [0.5, 0.6) is 5.88 Å². The van der Waals surface area contributed by atoms with Gasteiger partial charge in [0.2, 0.25) is 5.88 Å². The van der Waals surface area contributed by atoms with Gasteiger partial charge in [-0.1, -0.05) is 0 Å². The molecule has 0 saturated carbocycles. The predicted molar refractivity (Wildman–Crippen MR) is 70.7 cm³/mol. The van der Waals surface area contributed by atoms with Crippen LogP contribution < -0.4 is 4.74 Å². The second-order valence-corrected chi connectivity index (χ2v) is 4.97. The minimum atomic E-state index is 0.0337. The standard InChI is InChI=1S/C14H22N2O2/c1-11-12(10-17)5-6-14(15-11)18-9-7-13-4-3-8-16(13)2/h5-6,13,17H,3-4,7-10H2,1-2H3. The van der Waals surface area contributed by atoms with Gasteiger partial charge in [-0.25, -0.2) is 4.98 Å². The molecule has 1 aliphatic rings. The Balaban J connectivity index is 1.81. The molecule has 0 radical (unpaired) electrons. The first-order valence-electron chi connectivity index (χ1n) is 6.61. The van der Waals surface area contributed by atoms with Crippen molar-refractivity contribution < 1.29 is 9.84 Å². The van der Waals surface area contributed by atoms with E-state index in [4.69, 9.17) is 9.84 Å². The molecule has 1 aromatic heterocycles. The molecule has 1 saturated heterocycles. The Bertz CT molecular complexity index is 395. The fourth-order valence-electron chi connectivity index (χ4n) is 2.46. The molecule has 1 N–H and O–H groups in total. The summed E-state index contributed by atoms with van der Waals surface area (Å²) in [5, 5.41) is 9.07. The maximum absolute atomic E-state index is 9.07. The average molecular weight is 250 g/mol. The minimum Gasteiger partial charge on any atom is -0.478 e. The maximum atomic E-state index is 9.07. The summed E-state index contributed by atoms with van der Waals surface area (Å²) in [6, 6.07) is 4.36. The number of nitrogens with zero attached hydrogens (tertiary/aromatic N) is 2. The molecule has 2 heterocycles. The van der Waals surface area contributed by atoms with E-state index in [0.717, 1.165) is 17.7 Å². The number of pyridine rings is 1. The molecule has 0 amide bonds. The summed E-state index contributed by atoms with van der Waals surface area (Å²) in [6.45, 7) is 3.84. The van der Waals surface area contributed by atoms with Crippen LogP contribution in [0.25, 0.3) is 0 Å². The molecule has 1 aliphatic heterocycles. The first-order chi connectivity index (χ1) is 8.70. The molecule has 1 atom stereocenters. The Hall–Kier alpha value is -1.13. The molecular weight excluding hydrogens is 228 g/mol. The van der Waals surface area contributed by atoms with Gasteiger partial charge in [-0.3, -0.25) is 0 Å². The highest BCUT2D eigenvalue weighted by molar-refractivity contribution is 5.24. The first kappa shape index (κ1) is 13.3. The number of ether oxygens (including phenoxy) is 1. The van der Waals surface area contributed by atoms with Crippen LogP contribution >= 0.6 is 0 Å². The Morgan fingerprint density at radius 1 is 1.50 bits per heavy atom. The first-order valence-corrected chi connectivity index (χ1v) is 6.61. The van der Waals surface area contributed by atoms with Crippen molar-refractivity contribution in [2.24, 2.45) is 0 Å². The summed E-state index contributed by atoms with van der Waals surface area (Å²) in [6.07, 6.45) is 3.62. The van der Waals surface area contributed by atoms with E-state index >= 15 is 0 Å². The highest BCUT2D eigenvalue weighted by Gasteiger charge is 2.20. The number of likely N-dealkylation sites (tertiary alicyclic amines) is 1. The highest BCUT2D eigenvalue weighted by atomic mass is 16.5. The van der Waals surface area contributed by atoms with Crippen molar-refractivity contribution in [3.63, 3.8) is 0 Å². The number of aromatic nitrogens is 1. The van der Waals surface area contributed by atoms with E-state index in [0.29, 0.717) is 18.5 Å². The lowest BCUT2D eigenvalue weighted by Gasteiger charge is -2.19. The SMILES string of the molecule is Cc1nc(OCCC2CCCN2C)ccc1CO. The van der Waals surface area contributed by atoms with Gasteiger partial charge in [-0.05, 0) is 51.4 Å². The van der Waals surface area contributed by atoms with Crippen LogP contribution in [0.15, 0.2) is 12.1 Å². The van der Waals surface area contributed by atoms with Crippen molar-refractivity contribution in [3.05, 3.63) is 23.4 Å². The van der Waals surface area contributed by atoms with Crippen LogP contribution in [0, 0.1) is 6.92 Å². The van der Waals surface area contributed by atoms with Crippen LogP contribution in [0.2, 0.25) is 0 Å². The van der Waals surface area contributed by atoms with Crippen LogP contribution in [0.1, 0.15) is 30.5 Å². The summed E-state index contributed by atoms with van der Waals surface area (Å²) in [5.74, 6) is 0.658. The van der Waals surface area contributed by atoms with Crippen LogP contribution in [-0.2, 0) is 6.61 Å². The topological polar surface area (TPSA) is 45.6 Å². The van der Waals surface area contributed by atoms with Gasteiger partial charge in [0.1, 0.15) is 0 Å². The summed E-state index contributed by atoms with van der Waals surface area (Å²) in [7, 11) is 2.18. The minimum absolute atomic E-state index is 0.0337. The molecule has 4 nitrogen and oxygen atoms in total. The van der Waals surface area contributed by atoms with Gasteiger partial charge >= 0.3 is 0 Å². The third-order valence-corrected chi connectivity index (χ3v) is 3.71. The van der Waals surface area contributed by atoms with Gasteiger partial charge in [-0.15, -0.1) is 0 Å². The molecule has 0 aliphatic carbocycles. The Morgan fingerprint density at radius 2 is 2.33 bits per heavy atom. The molecule has 0 spiro atoms. The smallest absolute Gasteiger partial charge is 0.213 e. The molecule has 0 bridgehead atoms. The highest BCUT2D eigenvalue weighted by Crippen LogP contribution is 2.18. The summed E-state index contributed by atoms with van der Waals surface area (Å²) >= 11 is 0. The van der Waals surface area contributed by atoms with E-state index in [1.165, 1.54) is 19.4 Å². The zero-order chi connectivity index (χ0) is 13.0. The normalized spacial score (nSPS) is 20.3. The molecule has 100 valence electrons. The second kappa shape index (κ2) is 6.16.